The second kappa shape index (κ2) is 7.13. The van der Waals surface area contributed by atoms with Gasteiger partial charge in [-0.05, 0) is 31.2 Å². The Morgan fingerprint density at radius 3 is 2.88 bits per heavy atom. The SMILES string of the molecule is Cc1cccc(-c2noc(CSc3nccn3-c3cccc(F)c3)n2)c1. The van der Waals surface area contributed by atoms with E-state index in [1.807, 2.05) is 41.8 Å². The van der Waals surface area contributed by atoms with Crippen molar-refractivity contribution >= 4 is 11.8 Å². The zero-order valence-electron chi connectivity index (χ0n) is 14.0. The second-order valence-electron chi connectivity index (χ2n) is 5.73. The van der Waals surface area contributed by atoms with E-state index in [2.05, 4.69) is 15.1 Å². The zero-order valence-corrected chi connectivity index (χ0v) is 14.8. The van der Waals surface area contributed by atoms with E-state index in [0.29, 0.717) is 17.5 Å². The van der Waals surface area contributed by atoms with Crippen molar-refractivity contribution in [1.82, 2.24) is 19.7 Å². The maximum atomic E-state index is 13.5. The van der Waals surface area contributed by atoms with Crippen LogP contribution in [-0.4, -0.2) is 19.7 Å². The Bertz CT molecular complexity index is 1040. The molecule has 0 fully saturated rings. The largest absolute Gasteiger partial charge is 0.338 e. The molecule has 0 saturated heterocycles. The van der Waals surface area contributed by atoms with Gasteiger partial charge in [-0.15, -0.1) is 0 Å². The molecule has 0 saturated carbocycles. The first-order valence-electron chi connectivity index (χ1n) is 8.01. The molecule has 0 aliphatic carbocycles. The third-order valence-electron chi connectivity index (χ3n) is 3.76. The molecule has 0 N–H and O–H groups in total. The average Bonchev–Trinajstić information content (AvgIpc) is 3.29. The van der Waals surface area contributed by atoms with Crippen LogP contribution in [-0.2, 0) is 5.75 Å². The molecule has 0 aliphatic rings. The van der Waals surface area contributed by atoms with E-state index in [1.165, 1.54) is 23.9 Å². The Hall–Kier alpha value is -2.93. The van der Waals surface area contributed by atoms with Crippen LogP contribution in [0.2, 0.25) is 0 Å². The van der Waals surface area contributed by atoms with Gasteiger partial charge in [0.05, 0.1) is 11.4 Å². The Morgan fingerprint density at radius 2 is 2.04 bits per heavy atom. The summed E-state index contributed by atoms with van der Waals surface area (Å²) in [6, 6.07) is 14.3. The monoisotopic (exact) mass is 366 g/mol. The number of hydrogen-bond donors (Lipinski definition) is 0. The lowest BCUT2D eigenvalue weighted by Crippen LogP contribution is -1.96. The summed E-state index contributed by atoms with van der Waals surface area (Å²) in [4.78, 5) is 8.77. The normalized spacial score (nSPS) is 11.0. The molecule has 2 heterocycles. The lowest BCUT2D eigenvalue weighted by molar-refractivity contribution is 0.391. The number of aryl methyl sites for hydroxylation is 1. The lowest BCUT2D eigenvalue weighted by atomic mass is 10.1. The molecular weight excluding hydrogens is 351 g/mol. The minimum atomic E-state index is -0.285. The molecule has 0 spiro atoms. The van der Waals surface area contributed by atoms with Gasteiger partial charge in [-0.1, -0.05) is 46.7 Å². The second-order valence-corrected chi connectivity index (χ2v) is 6.67. The lowest BCUT2D eigenvalue weighted by Gasteiger charge is -2.06. The fourth-order valence-electron chi connectivity index (χ4n) is 2.56. The summed E-state index contributed by atoms with van der Waals surface area (Å²) in [6.45, 7) is 2.02. The maximum absolute atomic E-state index is 13.5. The van der Waals surface area contributed by atoms with Crippen LogP contribution in [0.4, 0.5) is 4.39 Å². The van der Waals surface area contributed by atoms with E-state index in [-0.39, 0.29) is 5.82 Å². The highest BCUT2D eigenvalue weighted by Crippen LogP contribution is 2.25. The molecular formula is C19H15FN4OS. The summed E-state index contributed by atoms with van der Waals surface area (Å²) >= 11 is 1.45. The molecule has 0 radical (unpaired) electrons. The van der Waals surface area contributed by atoms with Crippen molar-refractivity contribution in [2.45, 2.75) is 17.8 Å². The van der Waals surface area contributed by atoms with Crippen LogP contribution in [0.15, 0.2) is 70.6 Å². The van der Waals surface area contributed by atoms with E-state index in [4.69, 9.17) is 4.52 Å². The standard InChI is InChI=1S/C19H15FN4OS/c1-13-4-2-5-14(10-13)18-22-17(25-23-18)12-26-19-21-8-9-24(19)16-7-3-6-15(20)11-16/h2-11H,12H2,1H3. The summed E-state index contributed by atoms with van der Waals surface area (Å²) < 4.78 is 20.6. The molecule has 0 aliphatic heterocycles. The van der Waals surface area contributed by atoms with Crippen molar-refractivity contribution in [2.75, 3.05) is 0 Å². The van der Waals surface area contributed by atoms with E-state index in [0.717, 1.165) is 22.0 Å². The summed E-state index contributed by atoms with van der Waals surface area (Å²) in [6.07, 6.45) is 3.47. The van der Waals surface area contributed by atoms with Gasteiger partial charge in [0.1, 0.15) is 5.82 Å². The van der Waals surface area contributed by atoms with Crippen molar-refractivity contribution in [2.24, 2.45) is 0 Å². The predicted molar refractivity (Wildman–Crippen MR) is 97.6 cm³/mol. The molecule has 4 rings (SSSR count). The van der Waals surface area contributed by atoms with Crippen molar-refractivity contribution in [1.29, 1.82) is 0 Å². The maximum Gasteiger partial charge on any atom is 0.237 e. The molecule has 5 nitrogen and oxygen atoms in total. The number of nitrogens with zero attached hydrogens (tertiary/aromatic N) is 4. The van der Waals surface area contributed by atoms with Gasteiger partial charge in [-0.2, -0.15) is 4.98 Å². The molecule has 26 heavy (non-hydrogen) atoms. The van der Waals surface area contributed by atoms with Crippen molar-refractivity contribution in [3.05, 3.63) is 78.2 Å². The van der Waals surface area contributed by atoms with E-state index >= 15 is 0 Å². The van der Waals surface area contributed by atoms with Crippen LogP contribution in [0.3, 0.4) is 0 Å². The van der Waals surface area contributed by atoms with E-state index < -0.39 is 0 Å². The molecule has 4 aromatic rings. The fraction of sp³-hybridized carbons (Fsp3) is 0.105. The van der Waals surface area contributed by atoms with Crippen LogP contribution in [0, 0.1) is 12.7 Å². The van der Waals surface area contributed by atoms with Gasteiger partial charge in [0.15, 0.2) is 5.16 Å². The summed E-state index contributed by atoms with van der Waals surface area (Å²) in [5.74, 6) is 1.27. The number of hydrogen-bond acceptors (Lipinski definition) is 5. The van der Waals surface area contributed by atoms with Gasteiger partial charge in [0.2, 0.25) is 11.7 Å². The highest BCUT2D eigenvalue weighted by molar-refractivity contribution is 7.98. The van der Waals surface area contributed by atoms with Gasteiger partial charge < -0.3 is 4.52 Å². The first-order chi connectivity index (χ1) is 12.7. The van der Waals surface area contributed by atoms with Gasteiger partial charge in [0.25, 0.3) is 0 Å². The number of aromatic nitrogens is 4. The fourth-order valence-corrected chi connectivity index (χ4v) is 3.37. The number of halogens is 1. The van der Waals surface area contributed by atoms with Crippen molar-refractivity contribution < 1.29 is 8.91 Å². The van der Waals surface area contributed by atoms with Gasteiger partial charge in [0, 0.05) is 18.0 Å². The molecule has 130 valence electrons. The van der Waals surface area contributed by atoms with Crippen LogP contribution in [0.25, 0.3) is 17.1 Å². The first-order valence-corrected chi connectivity index (χ1v) is 8.99. The number of thioether (sulfide) groups is 1. The average molecular weight is 366 g/mol. The topological polar surface area (TPSA) is 56.7 Å². The van der Waals surface area contributed by atoms with Gasteiger partial charge in [-0.25, -0.2) is 9.37 Å². The number of rotatable bonds is 5. The van der Waals surface area contributed by atoms with Gasteiger partial charge >= 0.3 is 0 Å². The molecule has 7 heteroatoms. The molecule has 2 aromatic heterocycles. The Labute approximate surface area is 153 Å². The Kier molecular flexibility index (Phi) is 4.53. The minimum absolute atomic E-state index is 0.285. The van der Waals surface area contributed by atoms with Crippen LogP contribution in [0.1, 0.15) is 11.5 Å². The summed E-state index contributed by atoms with van der Waals surface area (Å²) in [5.41, 5.74) is 2.78. The predicted octanol–water partition coefficient (Wildman–Crippen LogP) is 4.66. The zero-order chi connectivity index (χ0) is 17.9. The summed E-state index contributed by atoms with van der Waals surface area (Å²) in [7, 11) is 0. The van der Waals surface area contributed by atoms with E-state index in [1.54, 1.807) is 18.5 Å². The van der Waals surface area contributed by atoms with Crippen LogP contribution >= 0.6 is 11.8 Å². The van der Waals surface area contributed by atoms with Crippen molar-refractivity contribution in [3.63, 3.8) is 0 Å². The molecule has 0 atom stereocenters. The first kappa shape index (κ1) is 16.5. The minimum Gasteiger partial charge on any atom is -0.338 e. The third-order valence-corrected chi connectivity index (χ3v) is 4.71. The van der Waals surface area contributed by atoms with E-state index in [9.17, 15) is 4.39 Å². The van der Waals surface area contributed by atoms with Crippen LogP contribution < -0.4 is 0 Å². The number of imidazole rings is 1. The third kappa shape index (κ3) is 3.52. The quantitative estimate of drug-likeness (QED) is 0.481. The van der Waals surface area contributed by atoms with Gasteiger partial charge in [-0.3, -0.25) is 4.57 Å². The highest BCUT2D eigenvalue weighted by Gasteiger charge is 2.12. The highest BCUT2D eigenvalue weighted by atomic mass is 32.2. The molecule has 0 unspecified atom stereocenters. The Balaban J connectivity index is 1.50. The Morgan fingerprint density at radius 1 is 1.15 bits per heavy atom. The number of benzene rings is 2. The van der Waals surface area contributed by atoms with Crippen molar-refractivity contribution in [3.8, 4) is 17.1 Å². The summed E-state index contributed by atoms with van der Waals surface area (Å²) in [5, 5.41) is 4.77. The molecule has 2 aromatic carbocycles. The van der Waals surface area contributed by atoms with Crippen LogP contribution in [0.5, 0.6) is 0 Å². The molecule has 0 amide bonds. The molecule has 0 bridgehead atoms. The smallest absolute Gasteiger partial charge is 0.237 e.